The maximum absolute atomic E-state index is 12.6. The summed E-state index contributed by atoms with van der Waals surface area (Å²) in [7, 11) is 9.74. The molecule has 0 fully saturated rings. The molecule has 0 aliphatic carbocycles. The van der Waals surface area contributed by atoms with Crippen LogP contribution < -0.4 is 28.4 Å². The minimum atomic E-state index is -0.622. The number of rotatable bonds is 9. The lowest BCUT2D eigenvalue weighted by Gasteiger charge is -2.30. The normalized spacial score (nSPS) is 17.9. The Hall–Kier alpha value is -8.85. The van der Waals surface area contributed by atoms with E-state index in [1.807, 2.05) is 54.6 Å². The smallest absolute Gasteiger partial charge is 0.163 e. The van der Waals surface area contributed by atoms with E-state index in [9.17, 15) is 15.3 Å². The van der Waals surface area contributed by atoms with Gasteiger partial charge in [-0.2, -0.15) is 0 Å². The quantitative estimate of drug-likeness (QED) is 0.127. The molecule has 3 N–H and O–H groups in total. The molecular formula is C63H60N6O9. The Labute approximate surface area is 450 Å². The van der Waals surface area contributed by atoms with E-state index in [1.165, 1.54) is 0 Å². The van der Waals surface area contributed by atoms with Gasteiger partial charge in [0, 0.05) is 89.9 Å². The van der Waals surface area contributed by atoms with E-state index in [-0.39, 0.29) is 17.2 Å². The van der Waals surface area contributed by atoms with Crippen molar-refractivity contribution >= 4 is 49.8 Å². The number of hydrogen-bond acceptors (Lipinski definition) is 12. The molecule has 4 aliphatic rings. The molecule has 3 atom stereocenters. The monoisotopic (exact) mass is 1040 g/mol. The fraction of sp³-hybridized carbons (Fsp3) is 0.286. The highest BCUT2D eigenvalue weighted by atomic mass is 16.5. The molecule has 3 aromatic heterocycles. The number of ether oxygens (including phenoxy) is 6. The first-order chi connectivity index (χ1) is 38.2. The summed E-state index contributed by atoms with van der Waals surface area (Å²) >= 11 is 0. The lowest BCUT2D eigenvalue weighted by molar-refractivity contribution is 0.366. The summed E-state index contributed by atoms with van der Waals surface area (Å²) in [6.45, 7) is 1.57. The van der Waals surface area contributed by atoms with Crippen molar-refractivity contribution in [2.75, 3.05) is 62.3 Å². The van der Waals surface area contributed by atoms with Gasteiger partial charge in [-0.1, -0.05) is 36.4 Å². The Kier molecular flexibility index (Phi) is 12.1. The zero-order valence-electron chi connectivity index (χ0n) is 44.5. The van der Waals surface area contributed by atoms with Crippen LogP contribution >= 0.6 is 0 Å². The Morgan fingerprint density at radius 2 is 0.679 bits per heavy atom. The zero-order valence-corrected chi connectivity index (χ0v) is 44.5. The molecular weight excluding hydrogens is 985 g/mol. The van der Waals surface area contributed by atoms with Gasteiger partial charge in [-0.15, -0.1) is 0 Å². The van der Waals surface area contributed by atoms with Crippen LogP contribution in [0.15, 0.2) is 124 Å². The average Bonchev–Trinajstić information content (AvgIpc) is 4.33. The van der Waals surface area contributed by atoms with Crippen LogP contribution in [0.2, 0.25) is 0 Å². The third kappa shape index (κ3) is 7.48. The van der Waals surface area contributed by atoms with Gasteiger partial charge in [-0.3, -0.25) is 15.0 Å². The second-order valence-electron chi connectivity index (χ2n) is 20.3. The maximum atomic E-state index is 12.6. The van der Waals surface area contributed by atoms with Crippen molar-refractivity contribution in [1.29, 1.82) is 0 Å². The maximum Gasteiger partial charge on any atom is 0.163 e. The number of para-hydroxylation sites is 3. The number of aromatic hydroxyl groups is 3. The highest BCUT2D eigenvalue weighted by molar-refractivity contribution is 6.12. The molecule has 0 saturated heterocycles. The van der Waals surface area contributed by atoms with Crippen molar-refractivity contribution < 1.29 is 43.7 Å². The average molecular weight is 1050 g/mol. The lowest BCUT2D eigenvalue weighted by atomic mass is 9.91. The molecule has 0 amide bonds. The first-order valence-electron chi connectivity index (χ1n) is 26.5. The Balaban J connectivity index is 1.21. The van der Waals surface area contributed by atoms with Crippen molar-refractivity contribution in [3.05, 3.63) is 160 Å². The van der Waals surface area contributed by atoms with E-state index < -0.39 is 18.1 Å². The summed E-state index contributed by atoms with van der Waals surface area (Å²) in [6.07, 6.45) is 2.91. The summed E-state index contributed by atoms with van der Waals surface area (Å²) in [5.41, 5.74) is 13.1. The van der Waals surface area contributed by atoms with Gasteiger partial charge in [0.1, 0.15) is 17.2 Å². The number of methoxy groups -OCH3 is 6. The molecule has 3 unspecified atom stereocenters. The Morgan fingerprint density at radius 1 is 0.385 bits per heavy atom. The lowest BCUT2D eigenvalue weighted by Crippen LogP contribution is -2.27. The standard InChI is InChI=1S/C63H60N6O9/c1-73-34-16-19-37-40-22-25-64-46-32-53(44-11-8-14-56(77-5)62(44)71)68-50-29-35(74-2)18-21-39(50)42-24-27-66-48(60(42)68)33-54(45-12-9-15-57(78-6)63(45)72)69-51-30-36(75-3)17-20-38(51)41-23-26-65-47(59(41)69)31-52(67(58(40)46)49(37)28-34)43-10-7-13-55(76-4)61(43)70/h7-21,28-30,52-54,70-72H,22-27,31-33H2,1-6H3. The number of hydrogen-bond donors (Lipinski definition) is 3. The molecule has 4 aliphatic heterocycles. The topological polar surface area (TPSA) is 168 Å². The molecule has 0 radical (unpaired) electrons. The van der Waals surface area contributed by atoms with E-state index in [2.05, 4.69) is 50.1 Å². The first-order valence-corrected chi connectivity index (χ1v) is 26.5. The highest BCUT2D eigenvalue weighted by Gasteiger charge is 2.40. The van der Waals surface area contributed by atoms with Gasteiger partial charge in [-0.05, 0) is 90.6 Å². The van der Waals surface area contributed by atoms with Gasteiger partial charge in [0.2, 0.25) is 0 Å². The van der Waals surface area contributed by atoms with Gasteiger partial charge >= 0.3 is 0 Å². The van der Waals surface area contributed by atoms with Crippen molar-refractivity contribution in [1.82, 2.24) is 13.7 Å². The number of aromatic nitrogens is 3. The largest absolute Gasteiger partial charge is 0.504 e. The Bertz CT molecular complexity index is 3600. The molecule has 6 aromatic carbocycles. The fourth-order valence-electron chi connectivity index (χ4n) is 13.2. The van der Waals surface area contributed by atoms with Gasteiger partial charge in [0.15, 0.2) is 34.5 Å². The van der Waals surface area contributed by atoms with Crippen LogP contribution in [0.3, 0.4) is 0 Å². The molecule has 9 aromatic rings. The van der Waals surface area contributed by atoms with E-state index >= 15 is 0 Å². The number of benzene rings is 6. The van der Waals surface area contributed by atoms with E-state index in [4.69, 9.17) is 43.4 Å². The van der Waals surface area contributed by atoms with Gasteiger partial charge in [0.05, 0.1) is 112 Å². The Morgan fingerprint density at radius 3 is 0.949 bits per heavy atom. The molecule has 15 nitrogen and oxygen atoms in total. The minimum Gasteiger partial charge on any atom is -0.504 e. The zero-order chi connectivity index (χ0) is 53.5. The van der Waals surface area contributed by atoms with Crippen molar-refractivity contribution in [3.8, 4) is 51.7 Å². The number of aliphatic imine (C=N–C) groups is 3. The number of phenolic OH excluding ortho intramolecular Hbond substituents is 3. The predicted octanol–water partition coefficient (Wildman–Crippen LogP) is 11.1. The van der Waals surface area contributed by atoms with Crippen LogP contribution in [-0.4, -0.2) is 108 Å². The third-order valence-electron chi connectivity index (χ3n) is 16.7. The van der Waals surface area contributed by atoms with Gasteiger partial charge in [0.25, 0.3) is 0 Å². The molecule has 0 saturated carbocycles. The molecule has 7 heterocycles. The van der Waals surface area contributed by atoms with Crippen LogP contribution in [0.4, 0.5) is 0 Å². The van der Waals surface area contributed by atoms with Crippen LogP contribution in [0.1, 0.15) is 87.9 Å². The molecule has 15 heteroatoms. The van der Waals surface area contributed by atoms with Crippen LogP contribution in [-0.2, 0) is 19.3 Å². The van der Waals surface area contributed by atoms with Crippen LogP contribution in [0.5, 0.6) is 51.7 Å². The summed E-state index contributed by atoms with van der Waals surface area (Å²) in [5.74, 6) is 3.08. The van der Waals surface area contributed by atoms with Crippen molar-refractivity contribution in [2.45, 2.75) is 56.7 Å². The van der Waals surface area contributed by atoms with Crippen LogP contribution in [0.25, 0.3) is 32.7 Å². The number of phenols is 3. The molecule has 0 bridgehead atoms. The molecule has 0 spiro atoms. The minimum absolute atomic E-state index is 0.0140. The summed E-state index contributed by atoms with van der Waals surface area (Å²) < 4.78 is 42.8. The summed E-state index contributed by atoms with van der Waals surface area (Å²) in [4.78, 5) is 16.6. The molecule has 78 heavy (non-hydrogen) atoms. The third-order valence-corrected chi connectivity index (χ3v) is 16.7. The summed E-state index contributed by atoms with van der Waals surface area (Å²) in [6, 6.07) is 33.8. The SMILES string of the molecule is COc1ccc2c3c4n(c2c1)C(c1cccc(OC)c1O)CC1=NCCc2c1n(c1cc(OC)ccc21)C(c1cccc(OC)c1O)CC1=NCCc2c1n(c1cc(OC)ccc21)C(c1cccc(OC)c1O)CC4=NCC3. The molecule has 13 rings (SSSR count). The van der Waals surface area contributed by atoms with E-state index in [0.29, 0.717) is 109 Å². The predicted molar refractivity (Wildman–Crippen MR) is 303 cm³/mol. The number of fused-ring (bicyclic) bond motifs is 9. The van der Waals surface area contributed by atoms with E-state index in [1.54, 1.807) is 60.9 Å². The van der Waals surface area contributed by atoms with Gasteiger partial charge < -0.3 is 57.4 Å². The second kappa shape index (κ2) is 19.3. The van der Waals surface area contributed by atoms with Crippen LogP contribution in [0, 0.1) is 0 Å². The van der Waals surface area contributed by atoms with Crippen molar-refractivity contribution in [2.24, 2.45) is 15.0 Å². The fourth-order valence-corrected chi connectivity index (χ4v) is 13.2. The second-order valence-corrected chi connectivity index (χ2v) is 20.3. The molecule has 396 valence electrons. The van der Waals surface area contributed by atoms with Crippen molar-refractivity contribution in [3.63, 3.8) is 0 Å². The summed E-state index contributed by atoms with van der Waals surface area (Å²) in [5, 5.41) is 40.9. The van der Waals surface area contributed by atoms with E-state index in [0.717, 1.165) is 83.6 Å². The highest BCUT2D eigenvalue weighted by Crippen LogP contribution is 2.50. The van der Waals surface area contributed by atoms with Gasteiger partial charge in [-0.25, -0.2) is 0 Å². The first kappa shape index (κ1) is 48.8. The number of nitrogens with zero attached hydrogens (tertiary/aromatic N) is 6.